The Kier molecular flexibility index (Phi) is 5.55. The number of nitrogens with zero attached hydrogens (tertiary/aromatic N) is 5. The van der Waals surface area contributed by atoms with Crippen molar-refractivity contribution in [1.82, 2.24) is 19.7 Å². The van der Waals surface area contributed by atoms with Crippen molar-refractivity contribution in [1.29, 1.82) is 0 Å². The van der Waals surface area contributed by atoms with E-state index in [0.717, 1.165) is 67.1 Å². The molecule has 1 amide bonds. The van der Waals surface area contributed by atoms with E-state index in [1.807, 2.05) is 28.9 Å². The number of amides is 1. The lowest BCUT2D eigenvalue weighted by atomic mass is 10.1. The molecule has 1 N–H and O–H groups in total. The summed E-state index contributed by atoms with van der Waals surface area (Å²) in [4.78, 5) is 23.0. The van der Waals surface area contributed by atoms with Crippen LogP contribution in [0.4, 0.5) is 11.4 Å². The van der Waals surface area contributed by atoms with Crippen LogP contribution in [0.2, 0.25) is 5.02 Å². The normalized spacial score (nSPS) is 17.3. The molecule has 1 aromatic carbocycles. The molecule has 32 heavy (non-hydrogen) atoms. The van der Waals surface area contributed by atoms with Gasteiger partial charge in [-0.25, -0.2) is 9.67 Å². The fourth-order valence-corrected chi connectivity index (χ4v) is 4.48. The van der Waals surface area contributed by atoms with Crippen LogP contribution in [0, 0.1) is 0 Å². The monoisotopic (exact) mass is 452 g/mol. The van der Waals surface area contributed by atoms with Gasteiger partial charge in [0.2, 0.25) is 0 Å². The number of nitrogens with one attached hydrogen (secondary N) is 1. The number of fused-ring (bicyclic) bond motifs is 1. The van der Waals surface area contributed by atoms with Crippen LogP contribution in [0.1, 0.15) is 54.7 Å². The predicted octanol–water partition coefficient (Wildman–Crippen LogP) is 4.55. The van der Waals surface area contributed by atoms with Crippen molar-refractivity contribution in [2.24, 2.45) is 0 Å². The van der Waals surface area contributed by atoms with E-state index in [2.05, 4.69) is 41.1 Å². The maximum Gasteiger partial charge on any atom is 0.256 e. The zero-order valence-corrected chi connectivity index (χ0v) is 19.6. The van der Waals surface area contributed by atoms with Crippen molar-refractivity contribution >= 4 is 39.9 Å². The van der Waals surface area contributed by atoms with E-state index in [-0.39, 0.29) is 11.9 Å². The molecule has 5 rings (SSSR count). The van der Waals surface area contributed by atoms with Crippen molar-refractivity contribution in [3.05, 3.63) is 46.7 Å². The number of rotatable bonds is 5. The van der Waals surface area contributed by atoms with E-state index in [0.29, 0.717) is 16.5 Å². The second-order valence-electron chi connectivity index (χ2n) is 9.20. The predicted molar refractivity (Wildman–Crippen MR) is 129 cm³/mol. The Morgan fingerprint density at radius 1 is 1.16 bits per heavy atom. The fraction of sp³-hybridized carbons (Fsp3) is 0.458. The first-order valence-corrected chi connectivity index (χ1v) is 11.7. The Balaban J connectivity index is 1.51. The van der Waals surface area contributed by atoms with Gasteiger partial charge < -0.3 is 15.1 Å². The summed E-state index contributed by atoms with van der Waals surface area (Å²) < 4.78 is 1.90. The van der Waals surface area contributed by atoms with Crippen LogP contribution in [-0.2, 0) is 0 Å². The number of piperazine rings is 1. The molecule has 0 bridgehead atoms. The minimum Gasteiger partial charge on any atom is -0.367 e. The number of pyridine rings is 1. The van der Waals surface area contributed by atoms with E-state index in [1.54, 1.807) is 6.20 Å². The first-order valence-electron chi connectivity index (χ1n) is 11.3. The second kappa shape index (κ2) is 8.37. The van der Waals surface area contributed by atoms with Gasteiger partial charge in [-0.3, -0.25) is 4.79 Å². The zero-order valence-electron chi connectivity index (χ0n) is 18.8. The van der Waals surface area contributed by atoms with Crippen LogP contribution in [-0.4, -0.2) is 58.8 Å². The van der Waals surface area contributed by atoms with E-state index in [4.69, 9.17) is 16.6 Å². The van der Waals surface area contributed by atoms with Crippen LogP contribution < -0.4 is 10.2 Å². The van der Waals surface area contributed by atoms with E-state index in [1.165, 1.54) is 0 Å². The standard InChI is InChI=1S/C24H29ClN6O/c1-15(2)31-23-19(14-26-31)18(13-20(27-23)16-4-5-16)24(32)28-21-12-17(25)6-7-22(21)30-10-8-29(3)9-11-30/h6-7,12-16H,4-5,8-11H2,1-3H3,(H,28,32). The Labute approximate surface area is 193 Å². The maximum atomic E-state index is 13.6. The van der Waals surface area contributed by atoms with E-state index < -0.39 is 0 Å². The summed E-state index contributed by atoms with van der Waals surface area (Å²) in [5.41, 5.74) is 4.12. The summed E-state index contributed by atoms with van der Waals surface area (Å²) in [6.07, 6.45) is 4.00. The zero-order chi connectivity index (χ0) is 22.4. The number of halogens is 1. The molecule has 1 aliphatic heterocycles. The first-order chi connectivity index (χ1) is 15.4. The molecule has 168 valence electrons. The highest BCUT2D eigenvalue weighted by Crippen LogP contribution is 2.40. The van der Waals surface area contributed by atoms with Crippen LogP contribution in [0.5, 0.6) is 0 Å². The molecular formula is C24H29ClN6O. The Hall–Kier alpha value is -2.64. The number of likely N-dealkylation sites (N-methyl/N-ethyl adjacent to an activating group) is 1. The van der Waals surface area contributed by atoms with Gasteiger partial charge in [0.05, 0.1) is 28.5 Å². The Morgan fingerprint density at radius 2 is 1.91 bits per heavy atom. The molecule has 0 unspecified atom stereocenters. The van der Waals surface area contributed by atoms with Gasteiger partial charge in [0, 0.05) is 48.9 Å². The highest BCUT2D eigenvalue weighted by molar-refractivity contribution is 6.31. The third-order valence-electron chi connectivity index (χ3n) is 6.37. The average molecular weight is 453 g/mol. The number of benzene rings is 1. The van der Waals surface area contributed by atoms with Crippen LogP contribution >= 0.6 is 11.6 Å². The maximum absolute atomic E-state index is 13.6. The Bertz CT molecular complexity index is 1160. The lowest BCUT2D eigenvalue weighted by molar-refractivity contribution is 0.102. The van der Waals surface area contributed by atoms with Gasteiger partial charge in [0.25, 0.3) is 5.91 Å². The second-order valence-corrected chi connectivity index (χ2v) is 9.63. The SMILES string of the molecule is CC(C)n1ncc2c(C(=O)Nc3cc(Cl)ccc3N3CCN(C)CC3)cc(C3CC3)nc21. The van der Waals surface area contributed by atoms with Gasteiger partial charge in [0.1, 0.15) is 0 Å². The molecular weight excluding hydrogens is 424 g/mol. The molecule has 0 radical (unpaired) electrons. The number of carbonyl (C=O) groups excluding carboxylic acids is 1. The lowest BCUT2D eigenvalue weighted by Crippen LogP contribution is -2.44. The molecule has 8 heteroatoms. The van der Waals surface area contributed by atoms with Gasteiger partial charge in [-0.05, 0) is 58.0 Å². The summed E-state index contributed by atoms with van der Waals surface area (Å²) in [5, 5.41) is 9.05. The molecule has 2 fully saturated rings. The average Bonchev–Trinajstić information content (AvgIpc) is 3.52. The summed E-state index contributed by atoms with van der Waals surface area (Å²) in [6.45, 7) is 7.94. The molecule has 3 heterocycles. The molecule has 3 aromatic rings. The summed E-state index contributed by atoms with van der Waals surface area (Å²) >= 11 is 6.32. The molecule has 0 spiro atoms. The molecule has 1 aliphatic carbocycles. The van der Waals surface area contributed by atoms with Gasteiger partial charge in [-0.15, -0.1) is 0 Å². The smallest absolute Gasteiger partial charge is 0.256 e. The number of hydrogen-bond acceptors (Lipinski definition) is 5. The molecule has 2 aliphatic rings. The van der Waals surface area contributed by atoms with Crippen molar-refractivity contribution in [2.75, 3.05) is 43.4 Å². The third kappa shape index (κ3) is 4.07. The fourth-order valence-electron chi connectivity index (χ4n) is 4.31. The van der Waals surface area contributed by atoms with Crippen molar-refractivity contribution in [2.45, 2.75) is 38.6 Å². The van der Waals surface area contributed by atoms with Gasteiger partial charge in [0.15, 0.2) is 5.65 Å². The van der Waals surface area contributed by atoms with Gasteiger partial charge >= 0.3 is 0 Å². The summed E-state index contributed by atoms with van der Waals surface area (Å²) in [7, 11) is 2.13. The van der Waals surface area contributed by atoms with Crippen molar-refractivity contribution in [3.63, 3.8) is 0 Å². The minimum absolute atomic E-state index is 0.153. The van der Waals surface area contributed by atoms with Crippen LogP contribution in [0.25, 0.3) is 11.0 Å². The number of anilines is 2. The summed E-state index contributed by atoms with van der Waals surface area (Å²) in [6, 6.07) is 7.83. The van der Waals surface area contributed by atoms with Crippen molar-refractivity contribution in [3.8, 4) is 0 Å². The quantitative estimate of drug-likeness (QED) is 0.615. The summed E-state index contributed by atoms with van der Waals surface area (Å²) in [5.74, 6) is 0.286. The molecule has 1 saturated heterocycles. The topological polar surface area (TPSA) is 66.3 Å². The highest BCUT2D eigenvalue weighted by atomic mass is 35.5. The highest BCUT2D eigenvalue weighted by Gasteiger charge is 2.28. The molecule has 1 saturated carbocycles. The van der Waals surface area contributed by atoms with E-state index in [9.17, 15) is 4.79 Å². The van der Waals surface area contributed by atoms with Crippen molar-refractivity contribution < 1.29 is 4.79 Å². The largest absolute Gasteiger partial charge is 0.367 e. The number of hydrogen-bond donors (Lipinski definition) is 1. The Morgan fingerprint density at radius 3 is 2.59 bits per heavy atom. The molecule has 0 atom stereocenters. The third-order valence-corrected chi connectivity index (χ3v) is 6.60. The van der Waals surface area contributed by atoms with E-state index >= 15 is 0 Å². The molecule has 2 aromatic heterocycles. The van der Waals surface area contributed by atoms with Gasteiger partial charge in [-0.1, -0.05) is 11.6 Å². The van der Waals surface area contributed by atoms with Crippen LogP contribution in [0.15, 0.2) is 30.5 Å². The van der Waals surface area contributed by atoms with Gasteiger partial charge in [-0.2, -0.15) is 5.10 Å². The number of carbonyl (C=O) groups is 1. The lowest BCUT2D eigenvalue weighted by Gasteiger charge is -2.35. The van der Waals surface area contributed by atoms with Crippen LogP contribution in [0.3, 0.4) is 0 Å². The molecule has 7 nitrogen and oxygen atoms in total. The first kappa shape index (κ1) is 21.2. The minimum atomic E-state index is -0.153. The number of aromatic nitrogens is 3.